The summed E-state index contributed by atoms with van der Waals surface area (Å²) in [7, 11) is 0. The molecule has 0 aliphatic carbocycles. The van der Waals surface area contributed by atoms with Crippen LogP contribution >= 0.6 is 15.9 Å². The molecule has 1 saturated heterocycles. The van der Waals surface area contributed by atoms with Crippen LogP contribution in [0.2, 0.25) is 0 Å². The lowest BCUT2D eigenvalue weighted by atomic mass is 9.84. The van der Waals surface area contributed by atoms with Crippen molar-refractivity contribution in [3.8, 4) is 0 Å². The second-order valence-electron chi connectivity index (χ2n) is 6.91. The topological polar surface area (TPSA) is 60.9 Å². The van der Waals surface area contributed by atoms with Gasteiger partial charge in [-0.05, 0) is 17.5 Å². The molecule has 1 fully saturated rings. The zero-order chi connectivity index (χ0) is 17.2. The molecule has 0 saturated carbocycles. The smallest absolute Gasteiger partial charge is 0.407 e. The van der Waals surface area contributed by atoms with Crippen molar-refractivity contribution >= 4 is 33.5 Å². The van der Waals surface area contributed by atoms with E-state index in [1.807, 2.05) is 24.3 Å². The Labute approximate surface area is 145 Å². The Morgan fingerprint density at radius 1 is 1.30 bits per heavy atom. The fourth-order valence-corrected chi connectivity index (χ4v) is 3.26. The largest absolute Gasteiger partial charge is 0.465 e. The number of alkyl halides is 1. The Balaban J connectivity index is 2.25. The quantitative estimate of drug-likeness (QED) is 0.641. The van der Waals surface area contributed by atoms with Crippen molar-refractivity contribution in [3.63, 3.8) is 0 Å². The third-order valence-corrected chi connectivity index (χ3v) is 4.79. The molecule has 1 unspecified atom stereocenters. The Bertz CT molecular complexity index is 598. The van der Waals surface area contributed by atoms with Crippen molar-refractivity contribution in [2.45, 2.75) is 26.8 Å². The number of piperazine rings is 1. The predicted octanol–water partition coefficient (Wildman–Crippen LogP) is 3.48. The summed E-state index contributed by atoms with van der Waals surface area (Å²) in [6, 6.07) is 7.45. The number of hydrogen-bond donors (Lipinski definition) is 1. The maximum absolute atomic E-state index is 11.9. The van der Waals surface area contributed by atoms with Gasteiger partial charge in [0.15, 0.2) is 5.78 Å². The molecule has 23 heavy (non-hydrogen) atoms. The van der Waals surface area contributed by atoms with Gasteiger partial charge in [0.1, 0.15) is 0 Å². The summed E-state index contributed by atoms with van der Waals surface area (Å²) < 4.78 is 0. The molecule has 0 radical (unpaired) electrons. The van der Waals surface area contributed by atoms with Crippen molar-refractivity contribution in [2.24, 2.45) is 5.41 Å². The van der Waals surface area contributed by atoms with Crippen LogP contribution in [0.1, 0.15) is 31.1 Å². The number of carbonyl (C=O) groups excluding carboxylic acids is 1. The molecule has 1 N–H and O–H groups in total. The normalized spacial score (nSPS) is 18.9. The summed E-state index contributed by atoms with van der Waals surface area (Å²) >= 11 is 3.20. The molecule has 1 aliphatic rings. The molecule has 1 aromatic rings. The molecular formula is C17H23BrN2O3. The minimum atomic E-state index is -0.868. The van der Waals surface area contributed by atoms with Gasteiger partial charge in [0, 0.05) is 30.9 Å². The van der Waals surface area contributed by atoms with Gasteiger partial charge in [-0.15, -0.1) is 0 Å². The third kappa shape index (κ3) is 4.05. The van der Waals surface area contributed by atoms with Crippen LogP contribution in [0.4, 0.5) is 10.5 Å². The Morgan fingerprint density at radius 3 is 2.57 bits per heavy atom. The first-order valence-electron chi connectivity index (χ1n) is 7.68. The lowest BCUT2D eigenvalue weighted by molar-refractivity contribution is 0.0748. The van der Waals surface area contributed by atoms with E-state index in [4.69, 9.17) is 0 Å². The van der Waals surface area contributed by atoms with Crippen LogP contribution < -0.4 is 4.90 Å². The number of halogens is 1. The zero-order valence-corrected chi connectivity index (χ0v) is 15.3. The highest BCUT2D eigenvalue weighted by atomic mass is 79.9. The van der Waals surface area contributed by atoms with Crippen LogP contribution in [0.3, 0.4) is 0 Å². The number of ketones is 1. The van der Waals surface area contributed by atoms with E-state index in [1.165, 1.54) is 4.90 Å². The van der Waals surface area contributed by atoms with E-state index in [0.717, 1.165) is 5.69 Å². The van der Waals surface area contributed by atoms with Crippen LogP contribution in [0.25, 0.3) is 0 Å². The second-order valence-corrected chi connectivity index (χ2v) is 7.47. The van der Waals surface area contributed by atoms with Crippen LogP contribution in [0.15, 0.2) is 24.3 Å². The highest BCUT2D eigenvalue weighted by Crippen LogP contribution is 2.30. The number of carbonyl (C=O) groups is 2. The second kappa shape index (κ2) is 6.91. The molecular weight excluding hydrogens is 360 g/mol. The number of Topliss-reactive ketones (excluding diaryl/α,β-unsaturated/α-hetero) is 1. The van der Waals surface area contributed by atoms with Crippen molar-refractivity contribution in [1.29, 1.82) is 0 Å². The number of amides is 1. The number of anilines is 1. The van der Waals surface area contributed by atoms with Crippen LogP contribution in [-0.4, -0.2) is 52.9 Å². The van der Waals surface area contributed by atoms with Gasteiger partial charge in [-0.3, -0.25) is 4.79 Å². The molecule has 1 atom stereocenters. The van der Waals surface area contributed by atoms with Gasteiger partial charge in [-0.2, -0.15) is 0 Å². The standard InChI is InChI=1S/C17H23BrN2O3/c1-17(2,3)15-11-19(7-8-20(15)16(22)23)13-6-4-5-12(9-13)14(21)10-18/h4-6,9,15H,7-8,10-11H2,1-3H3,(H,22,23). The molecule has 6 heteroatoms. The summed E-state index contributed by atoms with van der Waals surface area (Å²) in [6.45, 7) is 7.89. The average molecular weight is 383 g/mol. The maximum atomic E-state index is 11.9. The van der Waals surface area contributed by atoms with Gasteiger partial charge in [0.05, 0.1) is 11.4 Å². The molecule has 1 amide bonds. The molecule has 5 nitrogen and oxygen atoms in total. The van der Waals surface area contributed by atoms with E-state index >= 15 is 0 Å². The van der Waals surface area contributed by atoms with Crippen molar-refractivity contribution in [1.82, 2.24) is 4.90 Å². The molecule has 0 bridgehead atoms. The van der Waals surface area contributed by atoms with E-state index < -0.39 is 6.09 Å². The molecule has 1 heterocycles. The highest BCUT2D eigenvalue weighted by molar-refractivity contribution is 9.09. The average Bonchev–Trinajstić information content (AvgIpc) is 2.52. The summed E-state index contributed by atoms with van der Waals surface area (Å²) in [5.41, 5.74) is 1.49. The van der Waals surface area contributed by atoms with E-state index in [1.54, 1.807) is 0 Å². The van der Waals surface area contributed by atoms with Crippen molar-refractivity contribution in [3.05, 3.63) is 29.8 Å². The van der Waals surface area contributed by atoms with Gasteiger partial charge < -0.3 is 14.9 Å². The molecule has 0 spiro atoms. The fraction of sp³-hybridized carbons (Fsp3) is 0.529. The van der Waals surface area contributed by atoms with E-state index in [0.29, 0.717) is 30.5 Å². The Hall–Kier alpha value is -1.56. The zero-order valence-electron chi connectivity index (χ0n) is 13.8. The van der Waals surface area contributed by atoms with Crippen molar-refractivity contribution in [2.75, 3.05) is 29.9 Å². The fourth-order valence-electron chi connectivity index (χ4n) is 2.94. The minimum Gasteiger partial charge on any atom is -0.465 e. The summed E-state index contributed by atoms with van der Waals surface area (Å²) in [5.74, 6) is 0.0448. The van der Waals surface area contributed by atoms with Gasteiger partial charge in [0.25, 0.3) is 0 Å². The molecule has 126 valence electrons. The van der Waals surface area contributed by atoms with Crippen LogP contribution in [0, 0.1) is 5.41 Å². The Kier molecular flexibility index (Phi) is 5.34. The SMILES string of the molecule is CC(C)(C)C1CN(c2cccc(C(=O)CBr)c2)CCN1C(=O)O. The number of rotatable bonds is 3. The lowest BCUT2D eigenvalue weighted by Crippen LogP contribution is -2.59. The van der Waals surface area contributed by atoms with E-state index in [2.05, 4.69) is 41.6 Å². The summed E-state index contributed by atoms with van der Waals surface area (Å²) in [6.07, 6.45) is -0.868. The number of benzene rings is 1. The first-order valence-corrected chi connectivity index (χ1v) is 8.80. The monoisotopic (exact) mass is 382 g/mol. The number of nitrogens with zero attached hydrogens (tertiary/aromatic N) is 2. The number of carboxylic acid groups (broad SMARTS) is 1. The van der Waals surface area contributed by atoms with Crippen LogP contribution in [0.5, 0.6) is 0 Å². The molecule has 2 rings (SSSR count). The maximum Gasteiger partial charge on any atom is 0.407 e. The van der Waals surface area contributed by atoms with E-state index in [-0.39, 0.29) is 17.2 Å². The van der Waals surface area contributed by atoms with Gasteiger partial charge in [-0.25, -0.2) is 4.79 Å². The van der Waals surface area contributed by atoms with Gasteiger partial charge in [-0.1, -0.05) is 48.8 Å². The molecule has 1 aromatic carbocycles. The van der Waals surface area contributed by atoms with E-state index in [9.17, 15) is 14.7 Å². The Morgan fingerprint density at radius 2 is 2.00 bits per heavy atom. The first kappa shape index (κ1) is 17.8. The first-order chi connectivity index (χ1) is 10.7. The van der Waals surface area contributed by atoms with Crippen LogP contribution in [-0.2, 0) is 0 Å². The predicted molar refractivity (Wildman–Crippen MR) is 94.8 cm³/mol. The van der Waals surface area contributed by atoms with Crippen molar-refractivity contribution < 1.29 is 14.7 Å². The summed E-state index contributed by atoms with van der Waals surface area (Å²) in [5, 5.41) is 9.73. The third-order valence-electron chi connectivity index (χ3n) is 4.28. The highest BCUT2D eigenvalue weighted by Gasteiger charge is 2.38. The summed E-state index contributed by atoms with van der Waals surface area (Å²) in [4.78, 5) is 27.1. The number of hydrogen-bond acceptors (Lipinski definition) is 3. The minimum absolute atomic E-state index is 0.0448. The lowest BCUT2D eigenvalue weighted by Gasteiger charge is -2.46. The van der Waals surface area contributed by atoms with Gasteiger partial charge in [0.2, 0.25) is 0 Å². The van der Waals surface area contributed by atoms with Gasteiger partial charge >= 0.3 is 6.09 Å². The molecule has 0 aromatic heterocycles. The molecule has 1 aliphatic heterocycles.